The molecule has 0 aliphatic rings. The van der Waals surface area contributed by atoms with Crippen LogP contribution in [0.3, 0.4) is 0 Å². The molecule has 0 saturated carbocycles. The van der Waals surface area contributed by atoms with E-state index in [9.17, 15) is 13.2 Å². The van der Waals surface area contributed by atoms with E-state index in [0.29, 0.717) is 0 Å². The quantitative estimate of drug-likeness (QED) is 0.638. The smallest absolute Gasteiger partial charge is 0.166 e. The number of halogens is 4. The predicted octanol–water partition coefficient (Wildman–Crippen LogP) is 3.34. The Balaban J connectivity index is 2.96. The van der Waals surface area contributed by atoms with Gasteiger partial charge in [0.25, 0.3) is 0 Å². The van der Waals surface area contributed by atoms with Crippen LogP contribution >= 0.6 is 30.8 Å². The van der Waals surface area contributed by atoms with Crippen LogP contribution in [0.4, 0.5) is 13.2 Å². The highest BCUT2D eigenvalue weighted by atomic mass is 127. The summed E-state index contributed by atoms with van der Waals surface area (Å²) in [5.41, 5.74) is -0.504. The summed E-state index contributed by atoms with van der Waals surface area (Å²) in [5, 5.41) is 0. The molecule has 1 atom stereocenters. The molecule has 56 valence electrons. The molecule has 1 unspecified atom stereocenters. The Morgan fingerprint density at radius 3 is 2.20 bits per heavy atom. The zero-order valence-electron chi connectivity index (χ0n) is 4.67. The fraction of sp³-hybridized carbons (Fsp3) is 0.200. The molecule has 0 N–H and O–H groups in total. The fourth-order valence-electron chi connectivity index (χ4n) is 0.530. The molecule has 0 fully saturated rings. The lowest BCUT2D eigenvalue weighted by molar-refractivity contribution is -0.137. The van der Waals surface area contributed by atoms with Gasteiger partial charge in [-0.2, -0.15) is 13.2 Å². The number of hydrogen-bond donors (Lipinski definition) is 0. The van der Waals surface area contributed by atoms with E-state index < -0.39 is 11.7 Å². The Hall–Kier alpha value is 0.300. The standard InChI is InChI=1S/C5H3F3IP/c6-5(7,8)3-1-4(9)10-2-3/h1-2,10H. The molecule has 0 nitrogen and oxygen atoms in total. The maximum absolute atomic E-state index is 11.8. The molecular weight excluding hydrogens is 275 g/mol. The van der Waals surface area contributed by atoms with E-state index in [0.717, 1.165) is 3.30 Å². The Kier molecular flexibility index (Phi) is 2.30. The van der Waals surface area contributed by atoms with Crippen molar-refractivity contribution in [1.82, 2.24) is 0 Å². The average molecular weight is 278 g/mol. The lowest BCUT2D eigenvalue weighted by Gasteiger charge is -2.00. The van der Waals surface area contributed by atoms with E-state index >= 15 is 0 Å². The second-order valence-corrected chi connectivity index (χ2v) is 5.03. The SMILES string of the molecule is FC(F)(F)c1c[pH]c(I)c1. The van der Waals surface area contributed by atoms with Gasteiger partial charge in [-0.15, -0.1) is 8.19 Å². The number of alkyl halides is 3. The fourth-order valence-corrected chi connectivity index (χ4v) is 2.11. The lowest BCUT2D eigenvalue weighted by Crippen LogP contribution is -2.01. The van der Waals surface area contributed by atoms with Gasteiger partial charge in [0, 0.05) is 3.30 Å². The van der Waals surface area contributed by atoms with Gasteiger partial charge in [0.05, 0.1) is 5.56 Å². The van der Waals surface area contributed by atoms with Gasteiger partial charge in [-0.05, 0) is 34.5 Å². The third-order valence-electron chi connectivity index (χ3n) is 0.975. The largest absolute Gasteiger partial charge is 0.416 e. The normalized spacial score (nSPS) is 12.8. The van der Waals surface area contributed by atoms with Crippen molar-refractivity contribution in [3.8, 4) is 0 Å². The van der Waals surface area contributed by atoms with Gasteiger partial charge < -0.3 is 0 Å². The Morgan fingerprint density at radius 2 is 2.00 bits per heavy atom. The van der Waals surface area contributed by atoms with Gasteiger partial charge >= 0.3 is 6.18 Å². The van der Waals surface area contributed by atoms with E-state index in [1.165, 1.54) is 11.9 Å². The average Bonchev–Trinajstić information content (AvgIpc) is 2.11. The molecule has 1 heterocycles. The molecular formula is C5H3F3IP. The molecule has 0 spiro atoms. The molecule has 0 bridgehead atoms. The van der Waals surface area contributed by atoms with E-state index in [-0.39, 0.29) is 8.19 Å². The van der Waals surface area contributed by atoms with Crippen molar-refractivity contribution in [2.24, 2.45) is 0 Å². The van der Waals surface area contributed by atoms with Crippen LogP contribution in [-0.4, -0.2) is 0 Å². The third kappa shape index (κ3) is 1.89. The maximum Gasteiger partial charge on any atom is 0.416 e. The van der Waals surface area contributed by atoms with Crippen LogP contribution < -0.4 is 0 Å². The molecule has 0 aliphatic heterocycles. The summed E-state index contributed by atoms with van der Waals surface area (Å²) in [4.78, 5) is 0. The molecule has 0 amide bonds. The first-order chi connectivity index (χ1) is 4.50. The minimum absolute atomic E-state index is 0.202. The summed E-state index contributed by atoms with van der Waals surface area (Å²) in [6.07, 6.45) is -4.15. The molecule has 0 aliphatic carbocycles. The van der Waals surface area contributed by atoms with Gasteiger partial charge in [-0.3, -0.25) is 0 Å². The van der Waals surface area contributed by atoms with E-state index in [1.54, 1.807) is 0 Å². The molecule has 5 heteroatoms. The van der Waals surface area contributed by atoms with Gasteiger partial charge in [0.1, 0.15) is 0 Å². The molecule has 1 aromatic rings. The van der Waals surface area contributed by atoms with Crippen LogP contribution in [0.5, 0.6) is 0 Å². The summed E-state index contributed by atoms with van der Waals surface area (Å²) >= 11 is 1.91. The van der Waals surface area contributed by atoms with Crippen LogP contribution in [0.15, 0.2) is 11.9 Å². The second kappa shape index (κ2) is 2.74. The highest BCUT2D eigenvalue weighted by molar-refractivity contribution is 14.1. The minimum atomic E-state index is -4.15. The lowest BCUT2D eigenvalue weighted by atomic mass is 10.3. The predicted molar refractivity (Wildman–Crippen MR) is 43.7 cm³/mol. The molecule has 0 saturated heterocycles. The minimum Gasteiger partial charge on any atom is -0.166 e. The summed E-state index contributed by atoms with van der Waals surface area (Å²) in [6.45, 7) is 0. The zero-order valence-corrected chi connectivity index (χ0v) is 7.82. The number of rotatable bonds is 0. The van der Waals surface area contributed by atoms with Gasteiger partial charge in [0.2, 0.25) is 0 Å². The monoisotopic (exact) mass is 278 g/mol. The summed E-state index contributed by atoms with van der Waals surface area (Å²) < 4.78 is 36.2. The van der Waals surface area contributed by atoms with Crippen molar-refractivity contribution in [1.29, 1.82) is 0 Å². The molecule has 0 aromatic carbocycles. The first-order valence-corrected chi connectivity index (χ1v) is 4.57. The van der Waals surface area contributed by atoms with Gasteiger partial charge in [-0.25, -0.2) is 0 Å². The number of hydrogen-bond acceptors (Lipinski definition) is 0. The molecule has 1 rings (SSSR count). The first kappa shape index (κ1) is 8.40. The van der Waals surface area contributed by atoms with Crippen LogP contribution in [0, 0.1) is 3.30 Å². The first-order valence-electron chi connectivity index (χ1n) is 2.41. The maximum atomic E-state index is 11.8. The summed E-state index contributed by atoms with van der Waals surface area (Å²) in [5.74, 6) is 1.22. The highest BCUT2D eigenvalue weighted by Gasteiger charge is 2.30. The topological polar surface area (TPSA) is 0 Å². The highest BCUT2D eigenvalue weighted by Crippen LogP contribution is 2.34. The van der Waals surface area contributed by atoms with Crippen molar-refractivity contribution in [3.63, 3.8) is 0 Å². The second-order valence-electron chi connectivity index (χ2n) is 1.73. The Labute approximate surface area is 71.0 Å². The molecule has 10 heavy (non-hydrogen) atoms. The van der Waals surface area contributed by atoms with Crippen molar-refractivity contribution >= 4 is 30.8 Å². The molecule has 0 radical (unpaired) electrons. The van der Waals surface area contributed by atoms with E-state index in [2.05, 4.69) is 0 Å². The van der Waals surface area contributed by atoms with Crippen molar-refractivity contribution in [3.05, 3.63) is 20.7 Å². The van der Waals surface area contributed by atoms with Crippen LogP contribution in [0.25, 0.3) is 0 Å². The molecule has 1 aromatic heterocycles. The van der Waals surface area contributed by atoms with Crippen LogP contribution in [0.2, 0.25) is 0 Å². The van der Waals surface area contributed by atoms with Crippen LogP contribution in [-0.2, 0) is 6.18 Å². The Bertz CT molecular complexity index is 227. The van der Waals surface area contributed by atoms with Crippen molar-refractivity contribution < 1.29 is 13.2 Å². The van der Waals surface area contributed by atoms with Gasteiger partial charge in [-0.1, -0.05) is 0 Å². The van der Waals surface area contributed by atoms with E-state index in [4.69, 9.17) is 0 Å². The van der Waals surface area contributed by atoms with E-state index in [1.807, 2.05) is 22.6 Å². The van der Waals surface area contributed by atoms with Crippen LogP contribution in [0.1, 0.15) is 5.56 Å². The third-order valence-corrected chi connectivity index (χ3v) is 3.10. The summed E-state index contributed by atoms with van der Waals surface area (Å²) in [7, 11) is 0.202. The summed E-state index contributed by atoms with van der Waals surface area (Å²) in [6, 6.07) is 1.18. The van der Waals surface area contributed by atoms with Gasteiger partial charge in [0.15, 0.2) is 0 Å². The Morgan fingerprint density at radius 1 is 1.40 bits per heavy atom. The zero-order chi connectivity index (χ0) is 7.78. The van der Waals surface area contributed by atoms with Crippen molar-refractivity contribution in [2.75, 3.05) is 0 Å². The van der Waals surface area contributed by atoms with Crippen molar-refractivity contribution in [2.45, 2.75) is 6.18 Å².